The van der Waals surface area contributed by atoms with Gasteiger partial charge in [-0.2, -0.15) is 0 Å². The van der Waals surface area contributed by atoms with Gasteiger partial charge in [0, 0.05) is 5.92 Å². The van der Waals surface area contributed by atoms with Crippen molar-refractivity contribution in [1.82, 2.24) is 5.32 Å². The number of carbonyl (C=O) groups excluding carboxylic acids is 1. The molecule has 3 atom stereocenters. The molecule has 2 rings (SSSR count). The van der Waals surface area contributed by atoms with Crippen LogP contribution in [0.4, 0.5) is 4.39 Å². The SMILES string of the molecule is C=C(C)C(CC(C)CC(CC)c1ccccc1)c1ccc(F)cc1.C=CNC=O. The van der Waals surface area contributed by atoms with Gasteiger partial charge in [-0.3, -0.25) is 4.79 Å². The van der Waals surface area contributed by atoms with Crippen LogP contribution in [0.15, 0.2) is 79.5 Å². The first-order valence-electron chi connectivity index (χ1n) is 10.2. The molecule has 0 saturated carbocycles. The molecule has 0 bridgehead atoms. The molecule has 0 radical (unpaired) electrons. The van der Waals surface area contributed by atoms with Gasteiger partial charge in [0.2, 0.25) is 6.41 Å². The Morgan fingerprint density at radius 1 is 1.07 bits per heavy atom. The van der Waals surface area contributed by atoms with Gasteiger partial charge in [-0.05, 0) is 67.5 Å². The van der Waals surface area contributed by atoms with Crippen LogP contribution in [0.25, 0.3) is 0 Å². The summed E-state index contributed by atoms with van der Waals surface area (Å²) in [7, 11) is 0. The molecule has 3 unspecified atom stereocenters. The molecule has 1 N–H and O–H groups in total. The highest BCUT2D eigenvalue weighted by atomic mass is 19.1. The predicted molar refractivity (Wildman–Crippen MR) is 121 cm³/mol. The Morgan fingerprint density at radius 2 is 1.69 bits per heavy atom. The lowest BCUT2D eigenvalue weighted by atomic mass is 9.80. The summed E-state index contributed by atoms with van der Waals surface area (Å²) in [6, 6.07) is 17.7. The molecule has 0 heterocycles. The smallest absolute Gasteiger partial charge is 0.211 e. The third-order valence-electron chi connectivity index (χ3n) is 5.14. The summed E-state index contributed by atoms with van der Waals surface area (Å²) in [4.78, 5) is 9.22. The second-order valence-corrected chi connectivity index (χ2v) is 7.53. The van der Waals surface area contributed by atoms with Crippen LogP contribution in [0.5, 0.6) is 0 Å². The first kappa shape index (κ1) is 24.4. The van der Waals surface area contributed by atoms with Gasteiger partial charge in [-0.15, -0.1) is 0 Å². The maximum Gasteiger partial charge on any atom is 0.211 e. The van der Waals surface area contributed by atoms with Crippen molar-refractivity contribution >= 4 is 6.41 Å². The summed E-state index contributed by atoms with van der Waals surface area (Å²) >= 11 is 0. The molecule has 0 aliphatic rings. The quantitative estimate of drug-likeness (QED) is 0.341. The fraction of sp³-hybridized carbons (Fsp3) is 0.346. The van der Waals surface area contributed by atoms with Crippen LogP contribution in [0.1, 0.15) is 63.0 Å². The van der Waals surface area contributed by atoms with Gasteiger partial charge in [-0.25, -0.2) is 4.39 Å². The van der Waals surface area contributed by atoms with Gasteiger partial charge in [0.1, 0.15) is 5.82 Å². The number of nitrogens with one attached hydrogen (secondary N) is 1. The Kier molecular flexibility index (Phi) is 11.3. The van der Waals surface area contributed by atoms with E-state index < -0.39 is 0 Å². The van der Waals surface area contributed by atoms with Crippen molar-refractivity contribution in [1.29, 1.82) is 0 Å². The molecule has 3 heteroatoms. The largest absolute Gasteiger partial charge is 0.336 e. The number of allylic oxidation sites excluding steroid dienone is 1. The van der Waals surface area contributed by atoms with Crippen LogP contribution in [-0.2, 0) is 4.79 Å². The standard InChI is InChI=1S/C23H29F.C3H5NO/c1-5-19(20-9-7-6-8-10-20)15-18(4)16-23(17(2)3)21-11-13-22(24)14-12-21;1-2-4-3-5/h6-14,18-19,23H,2,5,15-16H2,1,3-4H3;2-3H,1H2,(H,4,5). The minimum atomic E-state index is -0.178. The Bertz CT molecular complexity index is 733. The van der Waals surface area contributed by atoms with E-state index in [0.29, 0.717) is 24.2 Å². The van der Waals surface area contributed by atoms with Crippen LogP contribution in [-0.4, -0.2) is 6.41 Å². The average Bonchev–Trinajstić information content (AvgIpc) is 2.72. The minimum absolute atomic E-state index is 0.178. The third-order valence-corrected chi connectivity index (χ3v) is 5.14. The number of hydrogen-bond acceptors (Lipinski definition) is 1. The van der Waals surface area contributed by atoms with Crippen molar-refractivity contribution in [3.63, 3.8) is 0 Å². The number of rotatable bonds is 10. The molecule has 0 saturated heterocycles. The highest BCUT2D eigenvalue weighted by molar-refractivity contribution is 5.47. The first-order chi connectivity index (χ1) is 13.9. The van der Waals surface area contributed by atoms with E-state index in [2.05, 4.69) is 69.6 Å². The van der Waals surface area contributed by atoms with Crippen LogP contribution >= 0.6 is 0 Å². The number of halogens is 1. The Morgan fingerprint density at radius 3 is 2.14 bits per heavy atom. The van der Waals surface area contributed by atoms with Crippen molar-refractivity contribution in [2.75, 3.05) is 0 Å². The fourth-order valence-electron chi connectivity index (χ4n) is 3.61. The highest BCUT2D eigenvalue weighted by Gasteiger charge is 2.19. The zero-order valence-corrected chi connectivity index (χ0v) is 17.9. The van der Waals surface area contributed by atoms with Crippen LogP contribution < -0.4 is 5.32 Å². The van der Waals surface area contributed by atoms with E-state index in [0.717, 1.165) is 18.4 Å². The zero-order chi connectivity index (χ0) is 21.6. The Labute approximate surface area is 175 Å². The number of benzene rings is 2. The number of amides is 1. The first-order valence-corrected chi connectivity index (χ1v) is 10.2. The van der Waals surface area contributed by atoms with E-state index in [1.165, 1.54) is 23.7 Å². The molecule has 2 nitrogen and oxygen atoms in total. The maximum atomic E-state index is 13.2. The van der Waals surface area contributed by atoms with E-state index >= 15 is 0 Å². The highest BCUT2D eigenvalue weighted by Crippen LogP contribution is 2.35. The van der Waals surface area contributed by atoms with Gasteiger partial charge in [0.15, 0.2) is 0 Å². The molecule has 2 aromatic carbocycles. The molecular formula is C26H34FNO. The van der Waals surface area contributed by atoms with Crippen LogP contribution in [0.2, 0.25) is 0 Å². The van der Waals surface area contributed by atoms with Crippen LogP contribution in [0, 0.1) is 11.7 Å². The van der Waals surface area contributed by atoms with Crippen molar-refractivity contribution < 1.29 is 9.18 Å². The Hall–Kier alpha value is -2.68. The molecular weight excluding hydrogens is 361 g/mol. The van der Waals surface area contributed by atoms with Crippen molar-refractivity contribution in [3.05, 3.63) is 96.5 Å². The van der Waals surface area contributed by atoms with Gasteiger partial charge in [0.05, 0.1) is 0 Å². The zero-order valence-electron chi connectivity index (χ0n) is 17.9. The second-order valence-electron chi connectivity index (χ2n) is 7.53. The summed E-state index contributed by atoms with van der Waals surface area (Å²) < 4.78 is 13.2. The fourth-order valence-corrected chi connectivity index (χ4v) is 3.61. The van der Waals surface area contributed by atoms with Crippen LogP contribution in [0.3, 0.4) is 0 Å². The lowest BCUT2D eigenvalue weighted by molar-refractivity contribution is -0.108. The molecule has 29 heavy (non-hydrogen) atoms. The summed E-state index contributed by atoms with van der Waals surface area (Å²) in [5, 5.41) is 2.19. The van der Waals surface area contributed by atoms with E-state index in [1.54, 1.807) is 12.1 Å². The van der Waals surface area contributed by atoms with Crippen molar-refractivity contribution in [2.24, 2.45) is 5.92 Å². The van der Waals surface area contributed by atoms with Crippen molar-refractivity contribution in [2.45, 2.75) is 51.9 Å². The summed E-state index contributed by atoms with van der Waals surface area (Å²) in [6.07, 6.45) is 5.26. The minimum Gasteiger partial charge on any atom is -0.336 e. The molecule has 0 aliphatic carbocycles. The number of hydrogen-bond donors (Lipinski definition) is 1. The van der Waals surface area contributed by atoms with E-state index in [9.17, 15) is 9.18 Å². The van der Waals surface area contributed by atoms with E-state index in [-0.39, 0.29) is 5.82 Å². The molecule has 2 aromatic rings. The van der Waals surface area contributed by atoms with E-state index in [4.69, 9.17) is 0 Å². The topological polar surface area (TPSA) is 29.1 Å². The summed E-state index contributed by atoms with van der Waals surface area (Å²) in [5.74, 6) is 1.30. The third kappa shape index (κ3) is 8.91. The average molecular weight is 396 g/mol. The van der Waals surface area contributed by atoms with Gasteiger partial charge in [-0.1, -0.05) is 75.0 Å². The molecule has 0 spiro atoms. The monoisotopic (exact) mass is 395 g/mol. The van der Waals surface area contributed by atoms with Gasteiger partial charge < -0.3 is 5.32 Å². The van der Waals surface area contributed by atoms with Gasteiger partial charge in [0.25, 0.3) is 0 Å². The molecule has 1 amide bonds. The molecule has 0 aromatic heterocycles. The number of carbonyl (C=O) groups is 1. The van der Waals surface area contributed by atoms with Gasteiger partial charge >= 0.3 is 0 Å². The summed E-state index contributed by atoms with van der Waals surface area (Å²) in [5.41, 5.74) is 3.75. The lowest BCUT2D eigenvalue weighted by Crippen LogP contribution is -2.10. The molecule has 156 valence electrons. The normalized spacial score (nSPS) is 13.2. The summed E-state index contributed by atoms with van der Waals surface area (Å²) in [6.45, 7) is 14.0. The van der Waals surface area contributed by atoms with Crippen molar-refractivity contribution in [3.8, 4) is 0 Å². The molecule has 0 aliphatic heterocycles. The molecule has 0 fully saturated rings. The van der Waals surface area contributed by atoms with E-state index in [1.807, 2.05) is 12.1 Å². The second kappa shape index (κ2) is 13.5. The predicted octanol–water partition coefficient (Wildman–Crippen LogP) is 6.97. The maximum absolute atomic E-state index is 13.2. The lowest BCUT2D eigenvalue weighted by Gasteiger charge is -2.25. The Balaban J connectivity index is 0.000000749.